The molecular formula is C15H29IN2O2. The van der Waals surface area contributed by atoms with E-state index in [1.54, 1.807) is 0 Å². The van der Waals surface area contributed by atoms with Crippen molar-refractivity contribution in [3.05, 3.63) is 0 Å². The first-order valence-corrected chi connectivity index (χ1v) is 9.03. The molecule has 0 bridgehead atoms. The molecule has 0 radical (unpaired) electrons. The zero-order chi connectivity index (χ0) is 15.5. The number of alkyl halides is 1. The van der Waals surface area contributed by atoms with Crippen molar-refractivity contribution in [2.24, 2.45) is 5.92 Å². The number of Topliss-reactive ketones (excluding diaryl/α,β-unsaturated/α-hetero) is 1. The normalized spacial score (nSPS) is 12.8. The lowest BCUT2D eigenvalue weighted by molar-refractivity contribution is -0.124. The number of carbonyl (C=O) groups is 2. The lowest BCUT2D eigenvalue weighted by Gasteiger charge is -2.22. The number of carbonyl (C=O) groups excluding carboxylic acids is 2. The van der Waals surface area contributed by atoms with Crippen molar-refractivity contribution < 1.29 is 9.59 Å². The van der Waals surface area contributed by atoms with Crippen LogP contribution < -0.4 is 10.6 Å². The predicted molar refractivity (Wildman–Crippen MR) is 92.3 cm³/mol. The van der Waals surface area contributed by atoms with Gasteiger partial charge >= 0.3 is 0 Å². The predicted octanol–water partition coefficient (Wildman–Crippen LogP) is 2.69. The molecule has 0 heterocycles. The van der Waals surface area contributed by atoms with Gasteiger partial charge in [0.15, 0.2) is 5.78 Å². The lowest BCUT2D eigenvalue weighted by atomic mass is 9.96. The summed E-state index contributed by atoms with van der Waals surface area (Å²) in [6, 6.07) is 0.256. The van der Waals surface area contributed by atoms with Crippen LogP contribution >= 0.6 is 22.6 Å². The minimum Gasteiger partial charge on any atom is -0.356 e. The van der Waals surface area contributed by atoms with Crippen LogP contribution in [0.4, 0.5) is 0 Å². The van der Waals surface area contributed by atoms with Crippen molar-refractivity contribution in [1.82, 2.24) is 10.6 Å². The highest BCUT2D eigenvalue weighted by Crippen LogP contribution is 2.08. The summed E-state index contributed by atoms with van der Waals surface area (Å²) in [6.45, 7) is 8.72. The summed E-state index contributed by atoms with van der Waals surface area (Å²) in [5, 5.41) is 6.24. The maximum atomic E-state index is 12.1. The average molecular weight is 396 g/mol. The van der Waals surface area contributed by atoms with E-state index in [1.807, 2.05) is 13.8 Å². The van der Waals surface area contributed by atoms with Gasteiger partial charge in [0.05, 0.1) is 6.04 Å². The van der Waals surface area contributed by atoms with E-state index in [-0.39, 0.29) is 23.7 Å². The molecule has 0 unspecified atom stereocenters. The Hall–Kier alpha value is -0.170. The second kappa shape index (κ2) is 11.5. The molecule has 1 amide bonds. The average Bonchev–Trinajstić information content (AvgIpc) is 2.35. The highest BCUT2D eigenvalue weighted by Gasteiger charge is 2.20. The van der Waals surface area contributed by atoms with E-state index in [0.29, 0.717) is 19.0 Å². The summed E-state index contributed by atoms with van der Waals surface area (Å²) in [6.07, 6.45) is 3.31. The third kappa shape index (κ3) is 9.69. The Bertz CT molecular complexity index is 294. The molecule has 1 atom stereocenters. The largest absolute Gasteiger partial charge is 0.356 e. The first-order valence-electron chi connectivity index (χ1n) is 7.50. The molecule has 0 saturated carbocycles. The highest BCUT2D eigenvalue weighted by molar-refractivity contribution is 14.1. The van der Waals surface area contributed by atoms with Crippen LogP contribution in [0.15, 0.2) is 0 Å². The Morgan fingerprint density at radius 3 is 2.25 bits per heavy atom. The Morgan fingerprint density at radius 1 is 1.10 bits per heavy atom. The minimum absolute atomic E-state index is 0.0555. The number of hydrogen-bond donors (Lipinski definition) is 2. The summed E-state index contributed by atoms with van der Waals surface area (Å²) in [7, 11) is 0. The number of nitrogens with one attached hydrogen (secondary N) is 2. The van der Waals surface area contributed by atoms with Crippen LogP contribution in [0.2, 0.25) is 0 Å². The topological polar surface area (TPSA) is 58.2 Å². The third-order valence-electron chi connectivity index (χ3n) is 3.01. The maximum absolute atomic E-state index is 12.1. The standard InChI is InChI=1S/C15H29IN2O2/c1-11(2)15(20)13(18-12(3)4)7-5-6-10-17-14(19)8-9-16/h11-13,18H,5-10H2,1-4H3,(H,17,19)/t13-/m0/s1. The van der Waals surface area contributed by atoms with Gasteiger partial charge in [-0.3, -0.25) is 9.59 Å². The molecule has 0 rings (SSSR count). The number of amides is 1. The van der Waals surface area contributed by atoms with Crippen molar-refractivity contribution in [2.75, 3.05) is 11.0 Å². The Morgan fingerprint density at radius 2 is 1.75 bits per heavy atom. The summed E-state index contributed by atoms with van der Waals surface area (Å²) >= 11 is 2.20. The SMILES string of the molecule is CC(C)N[C@@H](CCCCNC(=O)CCI)C(=O)C(C)C. The fraction of sp³-hybridized carbons (Fsp3) is 0.867. The van der Waals surface area contributed by atoms with Crippen molar-refractivity contribution in [3.63, 3.8) is 0 Å². The first kappa shape index (κ1) is 19.8. The van der Waals surface area contributed by atoms with Gasteiger partial charge in [-0.25, -0.2) is 0 Å². The lowest BCUT2D eigenvalue weighted by Crippen LogP contribution is -2.42. The first-order chi connectivity index (χ1) is 9.38. The van der Waals surface area contributed by atoms with E-state index in [9.17, 15) is 9.59 Å². The van der Waals surface area contributed by atoms with Crippen molar-refractivity contribution in [1.29, 1.82) is 0 Å². The summed E-state index contributed by atoms with van der Waals surface area (Å²) in [5.41, 5.74) is 0. The zero-order valence-electron chi connectivity index (χ0n) is 13.2. The molecule has 0 aromatic carbocycles. The van der Waals surface area contributed by atoms with Gasteiger partial charge in [-0.15, -0.1) is 0 Å². The molecule has 5 heteroatoms. The van der Waals surface area contributed by atoms with Crippen molar-refractivity contribution in [2.45, 2.75) is 65.5 Å². The molecule has 0 aliphatic rings. The monoisotopic (exact) mass is 396 g/mol. The molecular weight excluding hydrogens is 367 g/mol. The van der Waals surface area contributed by atoms with Crippen LogP contribution in [-0.2, 0) is 9.59 Å². The van der Waals surface area contributed by atoms with E-state index in [4.69, 9.17) is 0 Å². The third-order valence-corrected chi connectivity index (χ3v) is 3.55. The van der Waals surface area contributed by atoms with Crippen molar-refractivity contribution in [3.8, 4) is 0 Å². The van der Waals surface area contributed by atoms with Crippen LogP contribution in [0, 0.1) is 5.92 Å². The molecule has 4 nitrogen and oxygen atoms in total. The van der Waals surface area contributed by atoms with Crippen LogP contribution in [-0.4, -0.2) is 34.7 Å². The molecule has 0 aliphatic carbocycles. The van der Waals surface area contributed by atoms with Gasteiger partial charge in [0.1, 0.15) is 0 Å². The quantitative estimate of drug-likeness (QED) is 0.321. The van der Waals surface area contributed by atoms with Gasteiger partial charge in [0.2, 0.25) is 5.91 Å². The Labute approximate surface area is 137 Å². The highest BCUT2D eigenvalue weighted by atomic mass is 127. The number of hydrogen-bond acceptors (Lipinski definition) is 3. The fourth-order valence-electron chi connectivity index (χ4n) is 1.99. The zero-order valence-corrected chi connectivity index (χ0v) is 15.3. The van der Waals surface area contributed by atoms with Crippen LogP contribution in [0.5, 0.6) is 0 Å². The van der Waals surface area contributed by atoms with Gasteiger partial charge in [0.25, 0.3) is 0 Å². The second-order valence-corrected chi connectivity index (χ2v) is 6.79. The molecule has 20 heavy (non-hydrogen) atoms. The van der Waals surface area contributed by atoms with E-state index < -0.39 is 0 Å². The summed E-state index contributed by atoms with van der Waals surface area (Å²) < 4.78 is 0.854. The van der Waals surface area contributed by atoms with E-state index >= 15 is 0 Å². The molecule has 0 saturated heterocycles. The maximum Gasteiger partial charge on any atom is 0.220 e. The van der Waals surface area contributed by atoms with Gasteiger partial charge in [0, 0.05) is 29.4 Å². The number of unbranched alkanes of at least 4 members (excludes halogenated alkanes) is 1. The smallest absolute Gasteiger partial charge is 0.220 e. The van der Waals surface area contributed by atoms with E-state index in [1.165, 1.54) is 0 Å². The molecule has 118 valence electrons. The molecule has 0 fully saturated rings. The van der Waals surface area contributed by atoms with E-state index in [0.717, 1.165) is 23.7 Å². The van der Waals surface area contributed by atoms with Gasteiger partial charge in [-0.1, -0.05) is 50.3 Å². The molecule has 0 aromatic heterocycles. The van der Waals surface area contributed by atoms with Crippen LogP contribution in [0.3, 0.4) is 0 Å². The Balaban J connectivity index is 3.96. The van der Waals surface area contributed by atoms with Crippen molar-refractivity contribution >= 4 is 34.3 Å². The van der Waals surface area contributed by atoms with Gasteiger partial charge in [-0.05, 0) is 19.3 Å². The van der Waals surface area contributed by atoms with Gasteiger partial charge in [-0.2, -0.15) is 0 Å². The number of halogens is 1. The van der Waals surface area contributed by atoms with Crippen LogP contribution in [0.1, 0.15) is 53.4 Å². The number of ketones is 1. The molecule has 0 spiro atoms. The number of rotatable bonds is 11. The van der Waals surface area contributed by atoms with E-state index in [2.05, 4.69) is 47.1 Å². The van der Waals surface area contributed by atoms with Crippen LogP contribution in [0.25, 0.3) is 0 Å². The minimum atomic E-state index is -0.0555. The Kier molecular flexibility index (Phi) is 11.4. The fourth-order valence-corrected chi connectivity index (χ4v) is 2.48. The van der Waals surface area contributed by atoms with Gasteiger partial charge < -0.3 is 10.6 Å². The molecule has 0 aromatic rings. The molecule has 2 N–H and O–H groups in total. The molecule has 0 aliphatic heterocycles. The summed E-state index contributed by atoms with van der Waals surface area (Å²) in [4.78, 5) is 23.4. The summed E-state index contributed by atoms with van der Waals surface area (Å²) in [5.74, 6) is 0.469. The second-order valence-electron chi connectivity index (χ2n) is 5.72.